The Morgan fingerprint density at radius 1 is 1.36 bits per heavy atom. The van der Waals surface area contributed by atoms with Crippen LogP contribution in [0.2, 0.25) is 0 Å². The van der Waals surface area contributed by atoms with Gasteiger partial charge in [0.15, 0.2) is 0 Å². The quantitative estimate of drug-likeness (QED) is 0.779. The monoisotopic (exact) mass is 210 g/mol. The average molecular weight is 210 g/mol. The molecule has 0 spiro atoms. The van der Waals surface area contributed by atoms with Gasteiger partial charge in [-0.05, 0) is 24.5 Å². The molecule has 0 aromatic carbocycles. The number of aryl methyl sites for hydroxylation is 1. The third-order valence-corrected chi connectivity index (χ3v) is 3.73. The number of rotatable bonds is 3. The molecule has 1 heterocycles. The Morgan fingerprint density at radius 2 is 2.00 bits per heavy atom. The number of nitrogens with zero attached hydrogens (tertiary/aromatic N) is 1. The number of hydrogen-bond donors (Lipinski definition) is 1. The van der Waals surface area contributed by atoms with Gasteiger partial charge in [-0.15, -0.1) is 11.8 Å². The normalized spacial score (nSPS) is 13.2. The number of thioether (sulfide) groups is 1. The van der Waals surface area contributed by atoms with Gasteiger partial charge in [-0.3, -0.25) is 0 Å². The molecule has 0 saturated heterocycles. The Balaban J connectivity index is 2.77. The first-order chi connectivity index (χ1) is 6.50. The van der Waals surface area contributed by atoms with Crippen molar-refractivity contribution in [1.82, 2.24) is 4.98 Å². The van der Waals surface area contributed by atoms with Crippen LogP contribution in [0.25, 0.3) is 0 Å². The van der Waals surface area contributed by atoms with Gasteiger partial charge >= 0.3 is 0 Å². The van der Waals surface area contributed by atoms with Crippen molar-refractivity contribution in [2.24, 2.45) is 5.92 Å². The summed E-state index contributed by atoms with van der Waals surface area (Å²) in [6.45, 7) is 8.63. The topological polar surface area (TPSA) is 38.9 Å². The van der Waals surface area contributed by atoms with E-state index in [-0.39, 0.29) is 0 Å². The van der Waals surface area contributed by atoms with Crippen LogP contribution in [0, 0.1) is 12.8 Å². The molecular formula is C11H18N2S. The lowest BCUT2D eigenvalue weighted by Gasteiger charge is -2.15. The Kier molecular flexibility index (Phi) is 3.81. The zero-order valence-electron chi connectivity index (χ0n) is 9.24. The Labute approximate surface area is 90.3 Å². The van der Waals surface area contributed by atoms with Crippen molar-refractivity contribution in [2.45, 2.75) is 38.0 Å². The third-order valence-electron chi connectivity index (χ3n) is 2.25. The van der Waals surface area contributed by atoms with Crippen LogP contribution in [0.3, 0.4) is 0 Å². The minimum atomic E-state index is 0.549. The Morgan fingerprint density at radius 3 is 2.50 bits per heavy atom. The number of hydrogen-bond acceptors (Lipinski definition) is 3. The summed E-state index contributed by atoms with van der Waals surface area (Å²) in [6.07, 6.45) is 1.87. The number of nitrogen functional groups attached to an aromatic ring is 1. The van der Waals surface area contributed by atoms with Crippen LogP contribution in [0.5, 0.6) is 0 Å². The van der Waals surface area contributed by atoms with E-state index in [0.29, 0.717) is 11.2 Å². The van der Waals surface area contributed by atoms with Gasteiger partial charge in [0.1, 0.15) is 5.03 Å². The first kappa shape index (κ1) is 11.4. The molecule has 0 fully saturated rings. The molecule has 2 N–H and O–H groups in total. The molecule has 78 valence electrons. The maximum atomic E-state index is 5.89. The Hall–Kier alpha value is -0.700. The van der Waals surface area contributed by atoms with Gasteiger partial charge in [0.25, 0.3) is 0 Å². The summed E-state index contributed by atoms with van der Waals surface area (Å²) in [5.41, 5.74) is 7.80. The summed E-state index contributed by atoms with van der Waals surface area (Å²) in [4.78, 5) is 4.34. The van der Waals surface area contributed by atoms with Gasteiger partial charge in [0.2, 0.25) is 0 Å². The second-order valence-corrected chi connectivity index (χ2v) is 5.34. The lowest BCUT2D eigenvalue weighted by Crippen LogP contribution is -2.06. The van der Waals surface area contributed by atoms with Crippen molar-refractivity contribution in [1.29, 1.82) is 0 Å². The molecule has 1 unspecified atom stereocenters. The van der Waals surface area contributed by atoms with Gasteiger partial charge in [-0.2, -0.15) is 0 Å². The van der Waals surface area contributed by atoms with Crippen molar-refractivity contribution in [3.63, 3.8) is 0 Å². The highest BCUT2D eigenvalue weighted by Crippen LogP contribution is 2.30. The Bertz CT molecular complexity index is 310. The predicted octanol–water partition coefficient (Wildman–Crippen LogP) is 3.11. The van der Waals surface area contributed by atoms with Crippen molar-refractivity contribution >= 4 is 17.4 Å². The third kappa shape index (κ3) is 2.91. The van der Waals surface area contributed by atoms with Gasteiger partial charge in [0, 0.05) is 11.4 Å². The predicted molar refractivity (Wildman–Crippen MR) is 63.5 cm³/mol. The summed E-state index contributed by atoms with van der Waals surface area (Å²) in [6, 6.07) is 1.97. The first-order valence-electron chi connectivity index (χ1n) is 4.89. The molecule has 0 bridgehead atoms. The highest BCUT2D eigenvalue weighted by atomic mass is 32.2. The maximum absolute atomic E-state index is 5.89. The van der Waals surface area contributed by atoms with E-state index in [1.165, 1.54) is 0 Å². The molecule has 0 amide bonds. The molecule has 3 heteroatoms. The van der Waals surface area contributed by atoms with Crippen LogP contribution >= 0.6 is 11.8 Å². The van der Waals surface area contributed by atoms with E-state index in [1.54, 1.807) is 11.8 Å². The molecule has 0 radical (unpaired) electrons. The van der Waals surface area contributed by atoms with Gasteiger partial charge < -0.3 is 5.73 Å². The molecule has 0 aliphatic carbocycles. The number of anilines is 1. The lowest BCUT2D eigenvalue weighted by atomic mass is 10.2. The van der Waals surface area contributed by atoms with Gasteiger partial charge in [0.05, 0.1) is 5.69 Å². The molecular weight excluding hydrogens is 192 g/mol. The van der Waals surface area contributed by atoms with E-state index >= 15 is 0 Å². The molecule has 2 nitrogen and oxygen atoms in total. The van der Waals surface area contributed by atoms with E-state index in [4.69, 9.17) is 5.73 Å². The van der Waals surface area contributed by atoms with Crippen molar-refractivity contribution in [3.05, 3.63) is 17.8 Å². The van der Waals surface area contributed by atoms with Crippen LogP contribution < -0.4 is 5.73 Å². The van der Waals surface area contributed by atoms with Crippen molar-refractivity contribution in [3.8, 4) is 0 Å². The number of aromatic nitrogens is 1. The largest absolute Gasteiger partial charge is 0.397 e. The second-order valence-electron chi connectivity index (χ2n) is 3.97. The summed E-state index contributed by atoms with van der Waals surface area (Å²) in [7, 11) is 0. The fourth-order valence-corrected chi connectivity index (χ4v) is 1.92. The van der Waals surface area contributed by atoms with Crippen molar-refractivity contribution < 1.29 is 0 Å². The standard InChI is InChI=1S/C11H18N2S/c1-7(2)9(4)14-11-10(12)5-8(3)6-13-11/h5-7,9H,12H2,1-4H3. The maximum Gasteiger partial charge on any atom is 0.119 e. The van der Waals surface area contributed by atoms with Crippen molar-refractivity contribution in [2.75, 3.05) is 5.73 Å². The van der Waals surface area contributed by atoms with Crippen LogP contribution in [-0.2, 0) is 0 Å². The van der Waals surface area contributed by atoms with Crippen LogP contribution in [-0.4, -0.2) is 10.2 Å². The van der Waals surface area contributed by atoms with Gasteiger partial charge in [-0.1, -0.05) is 20.8 Å². The van der Waals surface area contributed by atoms with E-state index in [2.05, 4.69) is 25.8 Å². The summed E-state index contributed by atoms with van der Waals surface area (Å²) < 4.78 is 0. The fraction of sp³-hybridized carbons (Fsp3) is 0.545. The average Bonchev–Trinajstić information content (AvgIpc) is 2.09. The highest BCUT2D eigenvalue weighted by Gasteiger charge is 2.11. The zero-order chi connectivity index (χ0) is 10.7. The smallest absolute Gasteiger partial charge is 0.119 e. The molecule has 14 heavy (non-hydrogen) atoms. The molecule has 1 atom stereocenters. The molecule has 1 aromatic rings. The summed E-state index contributed by atoms with van der Waals surface area (Å²) >= 11 is 1.75. The number of nitrogens with two attached hydrogens (primary N) is 1. The molecule has 0 saturated carbocycles. The molecule has 0 aliphatic heterocycles. The zero-order valence-corrected chi connectivity index (χ0v) is 10.1. The van der Waals surface area contributed by atoms with Gasteiger partial charge in [-0.25, -0.2) is 4.98 Å². The van der Waals surface area contributed by atoms with E-state index in [1.807, 2.05) is 19.2 Å². The van der Waals surface area contributed by atoms with Crippen LogP contribution in [0.15, 0.2) is 17.3 Å². The highest BCUT2D eigenvalue weighted by molar-refractivity contribution is 8.00. The minimum Gasteiger partial charge on any atom is -0.397 e. The van der Waals surface area contributed by atoms with E-state index in [0.717, 1.165) is 16.3 Å². The molecule has 1 aromatic heterocycles. The SMILES string of the molecule is Cc1cnc(SC(C)C(C)C)c(N)c1. The lowest BCUT2D eigenvalue weighted by molar-refractivity contribution is 0.641. The summed E-state index contributed by atoms with van der Waals surface area (Å²) in [5, 5.41) is 1.50. The van der Waals surface area contributed by atoms with E-state index < -0.39 is 0 Å². The molecule has 0 aliphatic rings. The number of pyridine rings is 1. The second kappa shape index (κ2) is 4.69. The fourth-order valence-electron chi connectivity index (χ4n) is 0.990. The van der Waals surface area contributed by atoms with Crippen LogP contribution in [0.1, 0.15) is 26.3 Å². The first-order valence-corrected chi connectivity index (χ1v) is 5.77. The minimum absolute atomic E-state index is 0.549. The van der Waals surface area contributed by atoms with E-state index in [9.17, 15) is 0 Å². The molecule has 1 rings (SSSR count). The summed E-state index contributed by atoms with van der Waals surface area (Å²) in [5.74, 6) is 0.641. The van der Waals surface area contributed by atoms with Crippen LogP contribution in [0.4, 0.5) is 5.69 Å².